The maximum atomic E-state index is 12.7. The van der Waals surface area contributed by atoms with Crippen LogP contribution in [0.5, 0.6) is 0 Å². The summed E-state index contributed by atoms with van der Waals surface area (Å²) in [5.74, 6) is -0.232. The van der Waals surface area contributed by atoms with Crippen LogP contribution in [0.2, 0.25) is 0 Å². The molecule has 0 atom stereocenters. The fourth-order valence-electron chi connectivity index (χ4n) is 3.53. The van der Waals surface area contributed by atoms with Gasteiger partial charge in [-0.15, -0.1) is 0 Å². The fourth-order valence-corrected chi connectivity index (χ4v) is 3.53. The van der Waals surface area contributed by atoms with E-state index >= 15 is 0 Å². The van der Waals surface area contributed by atoms with Gasteiger partial charge in [0.2, 0.25) is 6.29 Å². The van der Waals surface area contributed by atoms with Gasteiger partial charge in [0.25, 0.3) is 5.91 Å². The van der Waals surface area contributed by atoms with Crippen molar-refractivity contribution in [3.05, 3.63) is 64.3 Å². The Bertz CT molecular complexity index is 1120. The van der Waals surface area contributed by atoms with E-state index in [0.29, 0.717) is 60.1 Å². The van der Waals surface area contributed by atoms with Gasteiger partial charge < -0.3 is 14.1 Å². The number of hydrogen-bond donors (Lipinski definition) is 0. The molecule has 4 rings (SSSR count). The number of morpholine rings is 1. The van der Waals surface area contributed by atoms with Gasteiger partial charge >= 0.3 is 0 Å². The molecule has 1 amide bonds. The fraction of sp³-hybridized carbons (Fsp3) is 0.227. The summed E-state index contributed by atoms with van der Waals surface area (Å²) >= 11 is 0. The standard InChI is InChI=1S/C22H20N2O5/c1-15-18(24(20(27)14-25)16-5-3-2-4-6-16)8-7-17-19(26)13-21(29-22(15)17)23-9-11-28-12-10-23/h2-8,13-14H,9-12H2,1H3. The number of benzene rings is 2. The van der Waals surface area contributed by atoms with E-state index in [4.69, 9.17) is 9.15 Å². The van der Waals surface area contributed by atoms with E-state index in [9.17, 15) is 14.4 Å². The molecule has 1 aliphatic heterocycles. The Morgan fingerprint density at radius 1 is 1.10 bits per heavy atom. The average Bonchev–Trinajstić information content (AvgIpc) is 2.77. The van der Waals surface area contributed by atoms with Gasteiger partial charge in [0.05, 0.1) is 24.3 Å². The Morgan fingerprint density at radius 3 is 2.52 bits per heavy atom. The quantitative estimate of drug-likeness (QED) is 0.502. The number of ether oxygens (including phenoxy) is 1. The van der Waals surface area contributed by atoms with Gasteiger partial charge in [0, 0.05) is 30.4 Å². The molecule has 7 heteroatoms. The number of carbonyl (C=O) groups is 2. The Labute approximate surface area is 167 Å². The molecule has 148 valence electrons. The number of aldehydes is 1. The molecule has 3 aromatic rings. The summed E-state index contributed by atoms with van der Waals surface area (Å²) in [6, 6.07) is 13.7. The van der Waals surface area contributed by atoms with E-state index < -0.39 is 5.91 Å². The first-order valence-corrected chi connectivity index (χ1v) is 9.34. The minimum Gasteiger partial charge on any atom is -0.440 e. The Kier molecular flexibility index (Phi) is 5.14. The monoisotopic (exact) mass is 392 g/mol. The van der Waals surface area contributed by atoms with Crippen LogP contribution < -0.4 is 15.2 Å². The molecular weight excluding hydrogens is 372 g/mol. The SMILES string of the molecule is Cc1c(N(C(=O)C=O)c2ccccc2)ccc2c(=O)cc(N3CCOCC3)oc12. The Morgan fingerprint density at radius 2 is 1.83 bits per heavy atom. The maximum Gasteiger partial charge on any atom is 0.295 e. The van der Waals surface area contributed by atoms with Crippen LogP contribution in [0.4, 0.5) is 17.3 Å². The number of carbonyl (C=O) groups excluding carboxylic acids is 2. The molecule has 29 heavy (non-hydrogen) atoms. The molecule has 0 spiro atoms. The zero-order valence-corrected chi connectivity index (χ0v) is 16.0. The third-order valence-electron chi connectivity index (χ3n) is 5.00. The lowest BCUT2D eigenvalue weighted by molar-refractivity contribution is -0.129. The summed E-state index contributed by atoms with van der Waals surface area (Å²) < 4.78 is 11.5. The highest BCUT2D eigenvalue weighted by Gasteiger charge is 2.22. The van der Waals surface area contributed by atoms with Gasteiger partial charge in [-0.1, -0.05) is 18.2 Å². The number of amides is 1. The number of rotatable bonds is 4. The first kappa shape index (κ1) is 18.9. The van der Waals surface area contributed by atoms with E-state index in [1.807, 2.05) is 11.0 Å². The van der Waals surface area contributed by atoms with Crippen LogP contribution in [-0.4, -0.2) is 38.5 Å². The minimum atomic E-state index is -0.703. The van der Waals surface area contributed by atoms with Crippen molar-refractivity contribution < 1.29 is 18.7 Å². The highest BCUT2D eigenvalue weighted by molar-refractivity contribution is 6.33. The van der Waals surface area contributed by atoms with E-state index in [2.05, 4.69) is 0 Å². The van der Waals surface area contributed by atoms with Crippen molar-refractivity contribution in [2.24, 2.45) is 0 Å². The zero-order valence-electron chi connectivity index (χ0n) is 16.0. The summed E-state index contributed by atoms with van der Waals surface area (Å²) in [6.07, 6.45) is 0.275. The molecule has 0 bridgehead atoms. The predicted molar refractivity (Wildman–Crippen MR) is 110 cm³/mol. The van der Waals surface area contributed by atoms with E-state index in [1.54, 1.807) is 43.3 Å². The molecule has 1 aliphatic rings. The van der Waals surface area contributed by atoms with Crippen molar-refractivity contribution in [2.45, 2.75) is 6.92 Å². The van der Waals surface area contributed by atoms with E-state index in [1.165, 1.54) is 11.0 Å². The smallest absolute Gasteiger partial charge is 0.295 e. The van der Waals surface area contributed by atoms with Crippen LogP contribution in [-0.2, 0) is 14.3 Å². The van der Waals surface area contributed by atoms with Crippen LogP contribution >= 0.6 is 0 Å². The van der Waals surface area contributed by atoms with Crippen molar-refractivity contribution in [1.29, 1.82) is 0 Å². The number of aryl methyl sites for hydroxylation is 1. The molecule has 7 nitrogen and oxygen atoms in total. The highest BCUT2D eigenvalue weighted by Crippen LogP contribution is 2.33. The van der Waals surface area contributed by atoms with Gasteiger partial charge in [-0.2, -0.15) is 0 Å². The third kappa shape index (κ3) is 3.52. The Hall–Kier alpha value is -3.45. The van der Waals surface area contributed by atoms with Crippen LogP contribution in [0.1, 0.15) is 5.56 Å². The summed E-state index contributed by atoms with van der Waals surface area (Å²) in [5, 5.41) is 0.426. The van der Waals surface area contributed by atoms with E-state index in [-0.39, 0.29) is 11.7 Å². The summed E-state index contributed by atoms with van der Waals surface area (Å²) in [7, 11) is 0. The lowest BCUT2D eigenvalue weighted by atomic mass is 10.1. The second kappa shape index (κ2) is 7.89. The highest BCUT2D eigenvalue weighted by atomic mass is 16.5. The number of para-hydroxylation sites is 1. The molecular formula is C22H20N2O5. The molecule has 1 fully saturated rings. The van der Waals surface area contributed by atoms with Crippen molar-refractivity contribution >= 4 is 40.4 Å². The molecule has 1 saturated heterocycles. The Balaban J connectivity index is 1.88. The van der Waals surface area contributed by atoms with Gasteiger partial charge in [0.15, 0.2) is 11.3 Å². The maximum absolute atomic E-state index is 12.7. The van der Waals surface area contributed by atoms with Gasteiger partial charge in [-0.05, 0) is 31.2 Å². The zero-order chi connectivity index (χ0) is 20.4. The van der Waals surface area contributed by atoms with Crippen LogP contribution in [0.3, 0.4) is 0 Å². The number of nitrogens with zero attached hydrogens (tertiary/aromatic N) is 2. The molecule has 0 N–H and O–H groups in total. The normalized spacial score (nSPS) is 14.0. The summed E-state index contributed by atoms with van der Waals surface area (Å²) in [5.41, 5.74) is 1.89. The predicted octanol–water partition coefficient (Wildman–Crippen LogP) is 2.80. The first-order valence-electron chi connectivity index (χ1n) is 9.34. The van der Waals surface area contributed by atoms with Gasteiger partial charge in [-0.25, -0.2) is 0 Å². The topological polar surface area (TPSA) is 80.1 Å². The third-order valence-corrected chi connectivity index (χ3v) is 5.00. The number of hydrogen-bond acceptors (Lipinski definition) is 6. The van der Waals surface area contributed by atoms with Crippen LogP contribution in [0.25, 0.3) is 11.0 Å². The minimum absolute atomic E-state index is 0.157. The first-order chi connectivity index (χ1) is 14.1. The van der Waals surface area contributed by atoms with Gasteiger partial charge in [-0.3, -0.25) is 19.3 Å². The van der Waals surface area contributed by atoms with E-state index in [0.717, 1.165) is 0 Å². The molecule has 0 saturated carbocycles. The van der Waals surface area contributed by atoms with Crippen LogP contribution in [0.15, 0.2) is 57.7 Å². The van der Waals surface area contributed by atoms with Crippen molar-refractivity contribution in [2.75, 3.05) is 36.1 Å². The van der Waals surface area contributed by atoms with Crippen molar-refractivity contribution in [3.8, 4) is 0 Å². The molecule has 2 aromatic carbocycles. The molecule has 1 aromatic heterocycles. The number of anilines is 3. The number of fused-ring (bicyclic) bond motifs is 1. The molecule has 0 unspecified atom stereocenters. The largest absolute Gasteiger partial charge is 0.440 e. The van der Waals surface area contributed by atoms with Gasteiger partial charge in [0.1, 0.15) is 5.58 Å². The van der Waals surface area contributed by atoms with Crippen molar-refractivity contribution in [3.63, 3.8) is 0 Å². The second-order valence-corrected chi connectivity index (χ2v) is 6.76. The molecule has 2 heterocycles. The average molecular weight is 392 g/mol. The lowest BCUT2D eigenvalue weighted by Crippen LogP contribution is -2.36. The lowest BCUT2D eigenvalue weighted by Gasteiger charge is -2.27. The summed E-state index contributed by atoms with van der Waals surface area (Å²) in [4.78, 5) is 39.7. The van der Waals surface area contributed by atoms with Crippen LogP contribution in [0, 0.1) is 6.92 Å². The second-order valence-electron chi connectivity index (χ2n) is 6.76. The van der Waals surface area contributed by atoms with Crippen molar-refractivity contribution in [1.82, 2.24) is 0 Å². The molecule has 0 aliphatic carbocycles. The summed E-state index contributed by atoms with van der Waals surface area (Å²) in [6.45, 7) is 4.17. The molecule has 0 radical (unpaired) electrons.